The van der Waals surface area contributed by atoms with E-state index in [-0.39, 0.29) is 5.91 Å². The van der Waals surface area contributed by atoms with Crippen LogP contribution in [-0.2, 0) is 4.79 Å². The average molecular weight is 385 g/mol. The molecule has 0 saturated carbocycles. The van der Waals surface area contributed by atoms with Gasteiger partial charge in [-0.05, 0) is 67.3 Å². The van der Waals surface area contributed by atoms with Crippen molar-refractivity contribution in [1.29, 1.82) is 0 Å². The van der Waals surface area contributed by atoms with E-state index in [1.54, 1.807) is 6.92 Å². The standard InChI is InChI=1S/C24H23N3O2/c1-15-8-7-9-16(2)22(15)18-12-13-20-21(14-18)26-27-23(20)25-24(28)17(3)29-19-10-5-4-6-11-19/h4-14,17H,1-3H3,(H2,25,26,27,28). The van der Waals surface area contributed by atoms with Crippen LogP contribution in [0.3, 0.4) is 0 Å². The van der Waals surface area contributed by atoms with E-state index in [4.69, 9.17) is 4.74 Å². The number of carbonyl (C=O) groups is 1. The summed E-state index contributed by atoms with van der Waals surface area (Å²) in [5, 5.41) is 11.0. The van der Waals surface area contributed by atoms with Gasteiger partial charge in [0.2, 0.25) is 0 Å². The average Bonchev–Trinajstić information content (AvgIpc) is 3.10. The number of nitrogens with one attached hydrogen (secondary N) is 2. The zero-order valence-electron chi connectivity index (χ0n) is 16.7. The van der Waals surface area contributed by atoms with Crippen LogP contribution in [0.2, 0.25) is 0 Å². The molecular weight excluding hydrogens is 362 g/mol. The van der Waals surface area contributed by atoms with Gasteiger partial charge in [-0.3, -0.25) is 9.89 Å². The molecule has 1 heterocycles. The SMILES string of the molecule is Cc1cccc(C)c1-c1ccc2c(NC(=O)C(C)Oc3ccccc3)n[nH]c2c1. The molecule has 0 spiro atoms. The summed E-state index contributed by atoms with van der Waals surface area (Å²) in [6.07, 6.45) is -0.641. The second-order valence-electron chi connectivity index (χ2n) is 7.16. The van der Waals surface area contributed by atoms with Gasteiger partial charge in [0.05, 0.1) is 5.52 Å². The van der Waals surface area contributed by atoms with E-state index in [1.807, 2.05) is 36.4 Å². The number of anilines is 1. The van der Waals surface area contributed by atoms with Gasteiger partial charge in [0, 0.05) is 5.39 Å². The van der Waals surface area contributed by atoms with Crippen molar-refractivity contribution in [3.63, 3.8) is 0 Å². The highest BCUT2D eigenvalue weighted by Crippen LogP contribution is 2.31. The Morgan fingerprint density at radius 2 is 1.72 bits per heavy atom. The van der Waals surface area contributed by atoms with Crippen LogP contribution < -0.4 is 10.1 Å². The molecule has 0 saturated heterocycles. The predicted octanol–water partition coefficient (Wildman–Crippen LogP) is 5.25. The summed E-state index contributed by atoms with van der Waals surface area (Å²) in [5.74, 6) is 0.905. The number of aromatic nitrogens is 2. The molecule has 1 aromatic heterocycles. The molecule has 4 rings (SSSR count). The Bertz CT molecular complexity index is 1150. The molecule has 0 aliphatic rings. The molecular formula is C24H23N3O2. The van der Waals surface area contributed by atoms with Gasteiger partial charge in [0.1, 0.15) is 5.75 Å². The molecule has 1 amide bonds. The third-order valence-corrected chi connectivity index (χ3v) is 5.00. The van der Waals surface area contributed by atoms with Crippen molar-refractivity contribution in [2.75, 3.05) is 5.32 Å². The Hall–Kier alpha value is -3.60. The summed E-state index contributed by atoms with van der Waals surface area (Å²) in [6.45, 7) is 5.94. The normalized spacial score (nSPS) is 12.0. The summed E-state index contributed by atoms with van der Waals surface area (Å²) in [5.41, 5.74) is 5.67. The van der Waals surface area contributed by atoms with Crippen LogP contribution in [0.4, 0.5) is 5.82 Å². The Kier molecular flexibility index (Phi) is 5.04. The molecule has 29 heavy (non-hydrogen) atoms. The molecule has 1 unspecified atom stereocenters. The van der Waals surface area contributed by atoms with Gasteiger partial charge in [0.25, 0.3) is 5.91 Å². The number of aromatic amines is 1. The number of benzene rings is 3. The number of H-pyrrole nitrogens is 1. The molecule has 3 aromatic carbocycles. The summed E-state index contributed by atoms with van der Waals surface area (Å²) in [4.78, 5) is 12.5. The van der Waals surface area contributed by atoms with Crippen molar-refractivity contribution in [3.05, 3.63) is 77.9 Å². The van der Waals surface area contributed by atoms with Crippen LogP contribution in [0.25, 0.3) is 22.0 Å². The number of nitrogens with zero attached hydrogens (tertiary/aromatic N) is 1. The summed E-state index contributed by atoms with van der Waals surface area (Å²) in [6, 6.07) is 21.7. The van der Waals surface area contributed by atoms with Gasteiger partial charge in [0.15, 0.2) is 11.9 Å². The quantitative estimate of drug-likeness (QED) is 0.493. The molecule has 0 bridgehead atoms. The number of aryl methyl sites for hydroxylation is 2. The van der Waals surface area contributed by atoms with E-state index < -0.39 is 6.10 Å². The van der Waals surface area contributed by atoms with Gasteiger partial charge < -0.3 is 10.1 Å². The number of para-hydroxylation sites is 1. The smallest absolute Gasteiger partial charge is 0.266 e. The minimum atomic E-state index is -0.641. The van der Waals surface area contributed by atoms with E-state index in [1.165, 1.54) is 16.7 Å². The molecule has 0 radical (unpaired) electrons. The molecule has 5 heteroatoms. The summed E-state index contributed by atoms with van der Waals surface area (Å²) >= 11 is 0. The second-order valence-corrected chi connectivity index (χ2v) is 7.16. The van der Waals surface area contributed by atoms with Crippen LogP contribution in [0.1, 0.15) is 18.1 Å². The maximum atomic E-state index is 12.5. The fourth-order valence-electron chi connectivity index (χ4n) is 3.52. The van der Waals surface area contributed by atoms with Crippen molar-refractivity contribution in [2.24, 2.45) is 0 Å². The van der Waals surface area contributed by atoms with Crippen molar-refractivity contribution in [2.45, 2.75) is 26.9 Å². The first-order valence-corrected chi connectivity index (χ1v) is 9.60. The molecule has 2 N–H and O–H groups in total. The largest absolute Gasteiger partial charge is 0.481 e. The lowest BCUT2D eigenvalue weighted by Gasteiger charge is -2.14. The van der Waals surface area contributed by atoms with Gasteiger partial charge in [-0.15, -0.1) is 0 Å². The van der Waals surface area contributed by atoms with Crippen LogP contribution in [0.5, 0.6) is 5.75 Å². The van der Waals surface area contributed by atoms with Gasteiger partial charge in [-0.2, -0.15) is 5.10 Å². The zero-order chi connectivity index (χ0) is 20.4. The zero-order valence-corrected chi connectivity index (χ0v) is 16.7. The van der Waals surface area contributed by atoms with Crippen molar-refractivity contribution in [1.82, 2.24) is 10.2 Å². The molecule has 0 aliphatic carbocycles. The van der Waals surface area contributed by atoms with Crippen LogP contribution >= 0.6 is 0 Å². The Labute approximate surface area is 169 Å². The lowest BCUT2D eigenvalue weighted by atomic mass is 9.95. The molecule has 5 nitrogen and oxygen atoms in total. The fourth-order valence-corrected chi connectivity index (χ4v) is 3.52. The Morgan fingerprint density at radius 1 is 1.00 bits per heavy atom. The minimum Gasteiger partial charge on any atom is -0.481 e. The Morgan fingerprint density at radius 3 is 2.45 bits per heavy atom. The minimum absolute atomic E-state index is 0.249. The van der Waals surface area contributed by atoms with E-state index in [0.29, 0.717) is 11.6 Å². The lowest BCUT2D eigenvalue weighted by molar-refractivity contribution is -0.122. The topological polar surface area (TPSA) is 67.0 Å². The van der Waals surface area contributed by atoms with Gasteiger partial charge in [-0.1, -0.05) is 42.5 Å². The molecule has 0 fully saturated rings. The summed E-state index contributed by atoms with van der Waals surface area (Å²) in [7, 11) is 0. The molecule has 4 aromatic rings. The number of hydrogen-bond donors (Lipinski definition) is 2. The van der Waals surface area contributed by atoms with E-state index in [0.717, 1.165) is 16.5 Å². The molecule has 0 aliphatic heterocycles. The van der Waals surface area contributed by atoms with Crippen LogP contribution in [0.15, 0.2) is 66.7 Å². The molecule has 146 valence electrons. The molecule has 1 atom stereocenters. The first-order valence-electron chi connectivity index (χ1n) is 9.60. The van der Waals surface area contributed by atoms with Gasteiger partial charge >= 0.3 is 0 Å². The third-order valence-electron chi connectivity index (χ3n) is 5.00. The lowest BCUT2D eigenvalue weighted by Crippen LogP contribution is -2.30. The van der Waals surface area contributed by atoms with E-state index in [2.05, 4.69) is 59.7 Å². The van der Waals surface area contributed by atoms with E-state index >= 15 is 0 Å². The van der Waals surface area contributed by atoms with Crippen LogP contribution in [0, 0.1) is 13.8 Å². The number of carbonyl (C=O) groups excluding carboxylic acids is 1. The van der Waals surface area contributed by atoms with Gasteiger partial charge in [-0.25, -0.2) is 0 Å². The van der Waals surface area contributed by atoms with Crippen LogP contribution in [-0.4, -0.2) is 22.2 Å². The first-order chi connectivity index (χ1) is 14.0. The first kappa shape index (κ1) is 18.7. The number of amides is 1. The maximum absolute atomic E-state index is 12.5. The maximum Gasteiger partial charge on any atom is 0.266 e. The summed E-state index contributed by atoms with van der Waals surface area (Å²) < 4.78 is 5.69. The number of hydrogen-bond acceptors (Lipinski definition) is 3. The number of rotatable bonds is 5. The predicted molar refractivity (Wildman–Crippen MR) is 116 cm³/mol. The number of fused-ring (bicyclic) bond motifs is 1. The highest BCUT2D eigenvalue weighted by molar-refractivity contribution is 6.02. The van der Waals surface area contributed by atoms with Crippen molar-refractivity contribution >= 4 is 22.6 Å². The fraction of sp³-hybridized carbons (Fsp3) is 0.167. The van der Waals surface area contributed by atoms with E-state index in [9.17, 15) is 4.79 Å². The van der Waals surface area contributed by atoms with Crippen molar-refractivity contribution in [3.8, 4) is 16.9 Å². The monoisotopic (exact) mass is 385 g/mol. The third kappa shape index (κ3) is 3.85. The highest BCUT2D eigenvalue weighted by atomic mass is 16.5. The van der Waals surface area contributed by atoms with Crippen molar-refractivity contribution < 1.29 is 9.53 Å². The highest BCUT2D eigenvalue weighted by Gasteiger charge is 2.18. The number of ether oxygens (including phenoxy) is 1. The second kappa shape index (κ2) is 7.80. The Balaban J connectivity index is 1.56.